The van der Waals surface area contributed by atoms with Gasteiger partial charge in [-0.15, -0.1) is 0 Å². The summed E-state index contributed by atoms with van der Waals surface area (Å²) in [5, 5.41) is 10.3. The van der Waals surface area contributed by atoms with E-state index >= 15 is 0 Å². The summed E-state index contributed by atoms with van der Waals surface area (Å²) in [6.07, 6.45) is 0. The van der Waals surface area contributed by atoms with E-state index in [2.05, 4.69) is 168 Å². The summed E-state index contributed by atoms with van der Waals surface area (Å²) < 4.78 is 2.44. The van der Waals surface area contributed by atoms with Gasteiger partial charge in [-0.05, 0) is 84.9 Å². The van der Waals surface area contributed by atoms with Crippen LogP contribution in [0.1, 0.15) is 0 Å². The van der Waals surface area contributed by atoms with E-state index in [-0.39, 0.29) is 0 Å². The van der Waals surface area contributed by atoms with Gasteiger partial charge in [-0.2, -0.15) is 0 Å². The lowest BCUT2D eigenvalue weighted by Gasteiger charge is -2.13. The second-order valence-corrected chi connectivity index (χ2v) is 11.4. The molecule has 1 nitrogen and oxygen atoms in total. The van der Waals surface area contributed by atoms with Gasteiger partial charge in [-0.25, -0.2) is 0 Å². The van der Waals surface area contributed by atoms with Gasteiger partial charge in [0.05, 0.1) is 11.0 Å². The van der Waals surface area contributed by atoms with E-state index in [0.717, 1.165) is 0 Å². The van der Waals surface area contributed by atoms with Crippen molar-refractivity contribution in [3.8, 4) is 27.9 Å². The fourth-order valence-electron chi connectivity index (χ4n) is 6.94. The molecule has 8 aromatic carbocycles. The van der Waals surface area contributed by atoms with Crippen LogP contribution in [0, 0.1) is 0 Å². The van der Waals surface area contributed by atoms with Gasteiger partial charge in [0, 0.05) is 16.5 Å². The quantitative estimate of drug-likeness (QED) is 0.208. The van der Waals surface area contributed by atoms with Crippen LogP contribution < -0.4 is 0 Å². The Morgan fingerprint density at radius 3 is 1.72 bits per heavy atom. The van der Waals surface area contributed by atoms with Crippen molar-refractivity contribution in [1.29, 1.82) is 0 Å². The van der Waals surface area contributed by atoms with Gasteiger partial charge in [-0.1, -0.05) is 133 Å². The highest BCUT2D eigenvalue weighted by Gasteiger charge is 2.19. The topological polar surface area (TPSA) is 4.93 Å². The molecular formula is C42H27N. The van der Waals surface area contributed by atoms with E-state index in [9.17, 15) is 0 Å². The van der Waals surface area contributed by atoms with Gasteiger partial charge in [0.1, 0.15) is 0 Å². The number of para-hydroxylation sites is 1. The smallest absolute Gasteiger partial charge is 0.0553 e. The zero-order chi connectivity index (χ0) is 28.3. The van der Waals surface area contributed by atoms with E-state index in [1.54, 1.807) is 0 Å². The van der Waals surface area contributed by atoms with Gasteiger partial charge >= 0.3 is 0 Å². The molecule has 0 amide bonds. The predicted molar refractivity (Wildman–Crippen MR) is 184 cm³/mol. The van der Waals surface area contributed by atoms with E-state index < -0.39 is 0 Å². The molecule has 0 aliphatic carbocycles. The van der Waals surface area contributed by atoms with Gasteiger partial charge < -0.3 is 4.57 Å². The van der Waals surface area contributed by atoms with E-state index in [1.807, 2.05) is 0 Å². The summed E-state index contributed by atoms with van der Waals surface area (Å²) in [4.78, 5) is 0. The van der Waals surface area contributed by atoms with Crippen LogP contribution in [0.3, 0.4) is 0 Å². The number of hydrogen-bond donors (Lipinski definition) is 0. The summed E-state index contributed by atoms with van der Waals surface area (Å²) in [5.41, 5.74) is 8.56. The van der Waals surface area contributed by atoms with Crippen molar-refractivity contribution in [3.63, 3.8) is 0 Å². The Kier molecular flexibility index (Phi) is 5.27. The van der Waals surface area contributed by atoms with Gasteiger partial charge in [0.15, 0.2) is 0 Å². The van der Waals surface area contributed by atoms with Crippen LogP contribution in [0.15, 0.2) is 164 Å². The lowest BCUT2D eigenvalue weighted by atomic mass is 9.92. The van der Waals surface area contributed by atoms with Crippen molar-refractivity contribution in [1.82, 2.24) is 4.57 Å². The first-order chi connectivity index (χ1) is 21.3. The Labute approximate surface area is 249 Å². The molecule has 1 aromatic heterocycles. The Morgan fingerprint density at radius 2 is 0.907 bits per heavy atom. The molecule has 9 aromatic rings. The highest BCUT2D eigenvalue weighted by atomic mass is 15.0. The molecule has 0 bridgehead atoms. The molecule has 0 aliphatic heterocycles. The van der Waals surface area contributed by atoms with Crippen molar-refractivity contribution in [2.24, 2.45) is 0 Å². The van der Waals surface area contributed by atoms with E-state index in [1.165, 1.54) is 82.1 Å². The standard InChI is InChI=1S/C42H27N/c1-2-13-34(14-3-1)43-39-25-24-30-11-6-7-15-35(30)41(39)42-37-17-9-8-16-36(37)38(27-40(42)43)31-21-18-29(19-22-31)33-23-20-28-10-4-5-12-32(28)26-33/h1-27H. The van der Waals surface area contributed by atoms with Crippen LogP contribution in [0.5, 0.6) is 0 Å². The minimum absolute atomic E-state index is 1.17. The fourth-order valence-corrected chi connectivity index (χ4v) is 6.94. The molecule has 200 valence electrons. The molecule has 9 rings (SSSR count). The zero-order valence-electron chi connectivity index (χ0n) is 23.5. The van der Waals surface area contributed by atoms with E-state index in [0.29, 0.717) is 0 Å². The van der Waals surface area contributed by atoms with Crippen LogP contribution in [-0.4, -0.2) is 4.57 Å². The zero-order valence-corrected chi connectivity index (χ0v) is 23.5. The highest BCUT2D eigenvalue weighted by molar-refractivity contribution is 6.30. The Bertz CT molecular complexity index is 2480. The van der Waals surface area contributed by atoms with Crippen molar-refractivity contribution < 1.29 is 0 Å². The normalized spacial score (nSPS) is 11.7. The van der Waals surface area contributed by atoms with Crippen LogP contribution >= 0.6 is 0 Å². The third-order valence-corrected chi connectivity index (χ3v) is 8.96. The first-order valence-corrected chi connectivity index (χ1v) is 14.9. The number of fused-ring (bicyclic) bond motifs is 8. The van der Waals surface area contributed by atoms with Gasteiger partial charge in [0.2, 0.25) is 0 Å². The number of hydrogen-bond acceptors (Lipinski definition) is 0. The average Bonchev–Trinajstić information content (AvgIpc) is 3.43. The minimum atomic E-state index is 1.17. The van der Waals surface area contributed by atoms with Crippen molar-refractivity contribution in [2.75, 3.05) is 0 Å². The number of benzene rings is 8. The molecule has 0 saturated heterocycles. The summed E-state index contributed by atoms with van der Waals surface area (Å²) in [7, 11) is 0. The minimum Gasteiger partial charge on any atom is -0.309 e. The second-order valence-electron chi connectivity index (χ2n) is 11.4. The summed E-state index contributed by atoms with van der Waals surface area (Å²) in [6, 6.07) is 59.7. The lowest BCUT2D eigenvalue weighted by Crippen LogP contribution is -1.94. The summed E-state index contributed by atoms with van der Waals surface area (Å²) >= 11 is 0. The Balaban J connectivity index is 1.32. The first-order valence-electron chi connectivity index (χ1n) is 14.9. The van der Waals surface area contributed by atoms with Crippen LogP contribution in [0.25, 0.3) is 82.1 Å². The first kappa shape index (κ1) is 24.0. The predicted octanol–water partition coefficient (Wildman–Crippen LogP) is 11.6. The van der Waals surface area contributed by atoms with Gasteiger partial charge in [0.25, 0.3) is 0 Å². The van der Waals surface area contributed by atoms with Crippen molar-refractivity contribution in [3.05, 3.63) is 164 Å². The number of nitrogens with zero attached hydrogens (tertiary/aromatic N) is 1. The molecule has 0 unspecified atom stereocenters. The molecule has 1 heteroatoms. The molecule has 0 N–H and O–H groups in total. The van der Waals surface area contributed by atoms with E-state index in [4.69, 9.17) is 0 Å². The lowest BCUT2D eigenvalue weighted by molar-refractivity contribution is 1.18. The molecule has 0 fully saturated rings. The Morgan fingerprint density at radius 1 is 0.326 bits per heavy atom. The van der Waals surface area contributed by atoms with Crippen molar-refractivity contribution >= 4 is 54.1 Å². The summed E-state index contributed by atoms with van der Waals surface area (Å²) in [6.45, 7) is 0. The third kappa shape index (κ3) is 3.72. The molecule has 1 heterocycles. The van der Waals surface area contributed by atoms with Crippen LogP contribution in [0.2, 0.25) is 0 Å². The summed E-state index contributed by atoms with van der Waals surface area (Å²) in [5.74, 6) is 0. The Hall–Kier alpha value is -5.66. The fraction of sp³-hybridized carbons (Fsp3) is 0. The molecule has 0 aliphatic rings. The molecular weight excluding hydrogens is 518 g/mol. The number of rotatable bonds is 3. The monoisotopic (exact) mass is 545 g/mol. The highest BCUT2D eigenvalue weighted by Crippen LogP contribution is 2.44. The number of aromatic nitrogens is 1. The van der Waals surface area contributed by atoms with Crippen LogP contribution in [0.4, 0.5) is 0 Å². The maximum atomic E-state index is 2.44. The molecule has 0 atom stereocenters. The van der Waals surface area contributed by atoms with Crippen LogP contribution in [-0.2, 0) is 0 Å². The van der Waals surface area contributed by atoms with Gasteiger partial charge in [-0.3, -0.25) is 0 Å². The largest absolute Gasteiger partial charge is 0.309 e. The average molecular weight is 546 g/mol. The molecule has 0 spiro atoms. The third-order valence-electron chi connectivity index (χ3n) is 8.96. The molecule has 0 radical (unpaired) electrons. The maximum Gasteiger partial charge on any atom is 0.0553 e. The maximum absolute atomic E-state index is 2.44. The SMILES string of the molecule is c1ccc(-n2c3ccc4ccccc4c3c3c4ccccc4c(-c4ccc(-c5ccc6ccccc6c5)cc4)cc32)cc1. The second kappa shape index (κ2) is 9.44. The molecule has 43 heavy (non-hydrogen) atoms. The van der Waals surface area contributed by atoms with Crippen molar-refractivity contribution in [2.45, 2.75) is 0 Å². The molecule has 0 saturated carbocycles.